The zero-order valence-corrected chi connectivity index (χ0v) is 12.8. The van der Waals surface area contributed by atoms with Crippen molar-refractivity contribution in [1.29, 1.82) is 0 Å². The highest BCUT2D eigenvalue weighted by molar-refractivity contribution is 7.89. The second-order valence-electron chi connectivity index (χ2n) is 4.50. The molecule has 21 heavy (non-hydrogen) atoms. The van der Waals surface area contributed by atoms with Crippen LogP contribution in [0.25, 0.3) is 0 Å². The summed E-state index contributed by atoms with van der Waals surface area (Å²) in [5, 5.41) is 7.75. The monoisotopic (exact) mass is 316 g/mol. The summed E-state index contributed by atoms with van der Waals surface area (Å²) in [6.07, 6.45) is 0. The number of nitrogens with one attached hydrogen (secondary N) is 1. The average molecular weight is 316 g/mol. The lowest BCUT2D eigenvalue weighted by molar-refractivity contribution is -0.119. The number of rotatable bonds is 7. The highest BCUT2D eigenvalue weighted by Gasteiger charge is 2.13. The number of nitrogens with two attached hydrogens (primary N) is 2. The van der Waals surface area contributed by atoms with Crippen molar-refractivity contribution < 1.29 is 17.9 Å². The number of amides is 1. The molecule has 0 atom stereocenters. The van der Waals surface area contributed by atoms with Gasteiger partial charge in [-0.05, 0) is 18.2 Å². The molecule has 8 nitrogen and oxygen atoms in total. The van der Waals surface area contributed by atoms with Crippen LogP contribution in [0.1, 0.15) is 0 Å². The Bertz CT molecular complexity index is 603. The number of sulfonamides is 1. The van der Waals surface area contributed by atoms with E-state index in [9.17, 15) is 13.2 Å². The van der Waals surface area contributed by atoms with Crippen LogP contribution in [-0.4, -0.2) is 48.2 Å². The number of anilines is 2. The van der Waals surface area contributed by atoms with Gasteiger partial charge >= 0.3 is 0 Å². The lowest BCUT2D eigenvalue weighted by Gasteiger charge is -2.20. The van der Waals surface area contributed by atoms with Crippen molar-refractivity contribution in [1.82, 2.24) is 5.32 Å². The van der Waals surface area contributed by atoms with Gasteiger partial charge in [0.25, 0.3) is 0 Å². The van der Waals surface area contributed by atoms with E-state index in [1.165, 1.54) is 12.1 Å². The number of primary sulfonamides is 1. The Hall–Kier alpha value is -1.84. The molecule has 118 valence electrons. The van der Waals surface area contributed by atoms with Crippen molar-refractivity contribution in [3.63, 3.8) is 0 Å². The molecule has 1 aromatic carbocycles. The van der Waals surface area contributed by atoms with E-state index in [4.69, 9.17) is 15.6 Å². The number of carbonyl (C=O) groups is 1. The normalized spacial score (nSPS) is 11.2. The summed E-state index contributed by atoms with van der Waals surface area (Å²) in [7, 11) is -0.659. The van der Waals surface area contributed by atoms with Gasteiger partial charge in [-0.1, -0.05) is 0 Å². The Balaban J connectivity index is 2.81. The van der Waals surface area contributed by atoms with Crippen molar-refractivity contribution in [2.24, 2.45) is 5.14 Å². The molecule has 0 heterocycles. The molecule has 0 aliphatic heterocycles. The number of methoxy groups -OCH3 is 1. The minimum atomic E-state index is -3.85. The van der Waals surface area contributed by atoms with Crippen LogP contribution in [0.4, 0.5) is 11.4 Å². The summed E-state index contributed by atoms with van der Waals surface area (Å²) in [4.78, 5) is 13.2. The largest absolute Gasteiger partial charge is 0.399 e. The van der Waals surface area contributed by atoms with Gasteiger partial charge in [0.1, 0.15) is 0 Å². The Morgan fingerprint density at radius 1 is 1.38 bits per heavy atom. The first kappa shape index (κ1) is 17.2. The van der Waals surface area contributed by atoms with Crippen LogP contribution in [0.15, 0.2) is 23.1 Å². The van der Waals surface area contributed by atoms with E-state index in [0.717, 1.165) is 0 Å². The van der Waals surface area contributed by atoms with Crippen LogP contribution in [-0.2, 0) is 19.6 Å². The van der Waals surface area contributed by atoms with Crippen LogP contribution in [0.3, 0.4) is 0 Å². The molecule has 9 heteroatoms. The molecule has 0 saturated carbocycles. The van der Waals surface area contributed by atoms with E-state index in [0.29, 0.717) is 18.8 Å². The van der Waals surface area contributed by atoms with Crippen molar-refractivity contribution in [2.75, 3.05) is 44.5 Å². The molecule has 0 aromatic heterocycles. The Morgan fingerprint density at radius 3 is 2.62 bits per heavy atom. The fourth-order valence-corrected chi connectivity index (χ4v) is 2.23. The summed E-state index contributed by atoms with van der Waals surface area (Å²) < 4.78 is 27.6. The number of nitrogens with zero attached hydrogens (tertiary/aromatic N) is 1. The third kappa shape index (κ3) is 5.58. The molecule has 0 saturated heterocycles. The predicted octanol–water partition coefficient (Wildman–Crippen LogP) is -0.885. The molecule has 1 aromatic rings. The number of hydrogen-bond acceptors (Lipinski definition) is 6. The topological polar surface area (TPSA) is 128 Å². The lowest BCUT2D eigenvalue weighted by atomic mass is 10.2. The number of hydrogen-bond donors (Lipinski definition) is 3. The van der Waals surface area contributed by atoms with Crippen LogP contribution in [0, 0.1) is 0 Å². The smallest absolute Gasteiger partial charge is 0.239 e. The summed E-state index contributed by atoms with van der Waals surface area (Å²) >= 11 is 0. The first-order valence-corrected chi connectivity index (χ1v) is 7.69. The van der Waals surface area contributed by atoms with Crippen LogP contribution >= 0.6 is 0 Å². The van der Waals surface area contributed by atoms with Gasteiger partial charge < -0.3 is 20.7 Å². The number of likely N-dealkylation sites (N-methyl/N-ethyl adjacent to an activating group) is 1. The summed E-state index contributed by atoms with van der Waals surface area (Å²) in [6, 6.07) is 4.20. The minimum Gasteiger partial charge on any atom is -0.399 e. The first-order chi connectivity index (χ1) is 9.74. The molecule has 0 bridgehead atoms. The molecule has 5 N–H and O–H groups in total. The third-order valence-electron chi connectivity index (χ3n) is 2.69. The molecular formula is C12H20N4O4S. The van der Waals surface area contributed by atoms with Crippen LogP contribution < -0.4 is 21.1 Å². The zero-order chi connectivity index (χ0) is 16.0. The van der Waals surface area contributed by atoms with Crippen molar-refractivity contribution in [3.8, 4) is 0 Å². The molecule has 0 aliphatic carbocycles. The Kier molecular flexibility index (Phi) is 5.94. The highest BCUT2D eigenvalue weighted by atomic mass is 32.2. The molecule has 1 amide bonds. The molecule has 0 aliphatic rings. The van der Waals surface area contributed by atoms with Gasteiger partial charge in [0, 0.05) is 32.1 Å². The number of nitrogen functional groups attached to an aromatic ring is 1. The number of ether oxygens (including phenoxy) is 1. The van der Waals surface area contributed by atoms with E-state index in [1.807, 2.05) is 0 Å². The second kappa shape index (κ2) is 7.25. The standard InChI is InChI=1S/C12H20N4O4S/c1-16(8-12(17)15-3-4-20-2)10-5-9(13)6-11(7-10)21(14,18)19/h5-7H,3-4,8,13H2,1-2H3,(H,15,17)(H2,14,18,19). The maximum Gasteiger partial charge on any atom is 0.239 e. The second-order valence-corrected chi connectivity index (χ2v) is 6.07. The molecule has 0 spiro atoms. The van der Waals surface area contributed by atoms with E-state index >= 15 is 0 Å². The van der Waals surface area contributed by atoms with Gasteiger partial charge in [-0.2, -0.15) is 0 Å². The SMILES string of the molecule is COCCNC(=O)CN(C)c1cc(N)cc(S(N)(=O)=O)c1. The lowest BCUT2D eigenvalue weighted by Crippen LogP contribution is -2.36. The molecule has 0 unspecified atom stereocenters. The van der Waals surface area contributed by atoms with E-state index < -0.39 is 10.0 Å². The Morgan fingerprint density at radius 2 is 2.05 bits per heavy atom. The van der Waals surface area contributed by atoms with E-state index in [2.05, 4.69) is 5.32 Å². The molecule has 0 fully saturated rings. The van der Waals surface area contributed by atoms with Gasteiger partial charge in [0.05, 0.1) is 18.0 Å². The summed E-state index contributed by atoms with van der Waals surface area (Å²) in [5.74, 6) is -0.214. The average Bonchev–Trinajstić information content (AvgIpc) is 2.37. The fraction of sp³-hybridized carbons (Fsp3) is 0.417. The zero-order valence-electron chi connectivity index (χ0n) is 12.0. The first-order valence-electron chi connectivity index (χ1n) is 6.14. The van der Waals surface area contributed by atoms with Gasteiger partial charge in [-0.15, -0.1) is 0 Å². The van der Waals surface area contributed by atoms with Crippen molar-refractivity contribution in [3.05, 3.63) is 18.2 Å². The van der Waals surface area contributed by atoms with Crippen LogP contribution in [0.2, 0.25) is 0 Å². The van der Waals surface area contributed by atoms with Crippen LogP contribution in [0.5, 0.6) is 0 Å². The fourth-order valence-electron chi connectivity index (χ4n) is 1.65. The number of carbonyl (C=O) groups excluding carboxylic acids is 1. The summed E-state index contributed by atoms with van der Waals surface area (Å²) in [5.41, 5.74) is 6.40. The maximum atomic E-state index is 11.7. The Labute approximate surface area is 124 Å². The van der Waals surface area contributed by atoms with Gasteiger partial charge in [0.15, 0.2) is 0 Å². The molecular weight excluding hydrogens is 296 g/mol. The van der Waals surface area contributed by atoms with E-state index in [1.54, 1.807) is 25.1 Å². The quantitative estimate of drug-likeness (QED) is 0.442. The van der Waals surface area contributed by atoms with Gasteiger partial charge in [0.2, 0.25) is 15.9 Å². The van der Waals surface area contributed by atoms with Crippen molar-refractivity contribution in [2.45, 2.75) is 4.90 Å². The third-order valence-corrected chi connectivity index (χ3v) is 3.58. The van der Waals surface area contributed by atoms with Gasteiger partial charge in [-0.3, -0.25) is 4.79 Å². The molecule has 0 radical (unpaired) electrons. The molecule has 1 rings (SSSR count). The minimum absolute atomic E-state index is 0.0528. The number of benzene rings is 1. The maximum absolute atomic E-state index is 11.7. The van der Waals surface area contributed by atoms with Crippen molar-refractivity contribution >= 4 is 27.3 Å². The highest BCUT2D eigenvalue weighted by Crippen LogP contribution is 2.22. The van der Waals surface area contributed by atoms with E-state index in [-0.39, 0.29) is 23.0 Å². The predicted molar refractivity (Wildman–Crippen MR) is 80.4 cm³/mol. The summed E-state index contributed by atoms with van der Waals surface area (Å²) in [6.45, 7) is 0.878. The van der Waals surface area contributed by atoms with Gasteiger partial charge in [-0.25, -0.2) is 13.6 Å².